The molecule has 1 aromatic rings. The third kappa shape index (κ3) is 3.50. The zero-order valence-electron chi connectivity index (χ0n) is 14.4. The molecule has 0 aromatic carbocycles. The van der Waals surface area contributed by atoms with Crippen LogP contribution in [-0.4, -0.2) is 33.7 Å². The minimum Gasteiger partial charge on any atom is -0.343 e. The van der Waals surface area contributed by atoms with Crippen LogP contribution < -0.4 is 16.4 Å². The van der Waals surface area contributed by atoms with Crippen LogP contribution in [0.15, 0.2) is 12.1 Å². The predicted molar refractivity (Wildman–Crippen MR) is 84.5 cm³/mol. The summed E-state index contributed by atoms with van der Waals surface area (Å²) < 4.78 is 37.3. The standard InChI is InChI=1S/C16H20F3N5O2/c1-13(2,20)9-3-4-10(24-23-9)14(5-6-14)21-11(25)15(7-8-15)22-12(26)16(17,18)19/h3-4H,5-8,20H2,1-2H3,(H,21,25)(H,22,26). The lowest BCUT2D eigenvalue weighted by Crippen LogP contribution is -2.54. The normalized spacial score (nSPS) is 20.2. The molecule has 3 rings (SSSR count). The molecule has 0 bridgehead atoms. The Labute approximate surface area is 147 Å². The van der Waals surface area contributed by atoms with E-state index >= 15 is 0 Å². The van der Waals surface area contributed by atoms with Crippen molar-refractivity contribution in [3.63, 3.8) is 0 Å². The quantitative estimate of drug-likeness (QED) is 0.715. The first-order valence-electron chi connectivity index (χ1n) is 8.24. The summed E-state index contributed by atoms with van der Waals surface area (Å²) in [6.07, 6.45) is -3.49. The summed E-state index contributed by atoms with van der Waals surface area (Å²) in [6.45, 7) is 3.57. The van der Waals surface area contributed by atoms with Crippen LogP contribution in [0.5, 0.6) is 0 Å². The van der Waals surface area contributed by atoms with E-state index in [2.05, 4.69) is 15.5 Å². The van der Waals surface area contributed by atoms with Gasteiger partial charge in [-0.1, -0.05) is 0 Å². The second kappa shape index (κ2) is 5.63. The Morgan fingerprint density at radius 1 is 1.08 bits per heavy atom. The van der Waals surface area contributed by atoms with Crippen LogP contribution in [0.25, 0.3) is 0 Å². The van der Waals surface area contributed by atoms with Crippen LogP contribution in [0, 0.1) is 0 Å². The summed E-state index contributed by atoms with van der Waals surface area (Å²) in [5, 5.41) is 12.8. The molecule has 142 valence electrons. The van der Waals surface area contributed by atoms with Crippen molar-refractivity contribution in [2.75, 3.05) is 0 Å². The molecule has 2 aliphatic rings. The lowest BCUT2D eigenvalue weighted by molar-refractivity contribution is -0.175. The van der Waals surface area contributed by atoms with E-state index in [1.165, 1.54) is 0 Å². The van der Waals surface area contributed by atoms with E-state index in [9.17, 15) is 22.8 Å². The van der Waals surface area contributed by atoms with Gasteiger partial charge in [0.1, 0.15) is 5.54 Å². The lowest BCUT2D eigenvalue weighted by atomic mass is 10.0. The molecule has 2 aliphatic carbocycles. The molecular formula is C16H20F3N5O2. The SMILES string of the molecule is CC(C)(N)c1ccc(C2(NC(=O)C3(NC(=O)C(F)(F)F)CC3)CC2)nn1. The third-order valence-corrected chi connectivity index (χ3v) is 4.71. The molecule has 2 saturated carbocycles. The van der Waals surface area contributed by atoms with E-state index in [0.717, 1.165) is 0 Å². The maximum atomic E-state index is 12.5. The van der Waals surface area contributed by atoms with E-state index in [1.54, 1.807) is 26.0 Å². The van der Waals surface area contributed by atoms with Gasteiger partial charge in [0.15, 0.2) is 0 Å². The summed E-state index contributed by atoms with van der Waals surface area (Å²) in [7, 11) is 0. The van der Waals surface area contributed by atoms with Gasteiger partial charge in [-0.05, 0) is 51.7 Å². The molecule has 0 radical (unpaired) electrons. The number of hydrogen-bond donors (Lipinski definition) is 3. The van der Waals surface area contributed by atoms with Crippen LogP contribution in [0.4, 0.5) is 13.2 Å². The maximum Gasteiger partial charge on any atom is 0.471 e. The average Bonchev–Trinajstić information content (AvgIpc) is 3.42. The van der Waals surface area contributed by atoms with E-state index in [1.807, 2.05) is 5.32 Å². The fourth-order valence-corrected chi connectivity index (χ4v) is 2.66. The van der Waals surface area contributed by atoms with Crippen LogP contribution in [0.3, 0.4) is 0 Å². The molecule has 2 fully saturated rings. The Kier molecular flexibility index (Phi) is 4.02. The highest BCUT2D eigenvalue weighted by molar-refractivity contribution is 5.96. The van der Waals surface area contributed by atoms with Gasteiger partial charge in [0.2, 0.25) is 5.91 Å². The molecule has 0 atom stereocenters. The highest BCUT2D eigenvalue weighted by Gasteiger charge is 2.58. The minimum atomic E-state index is -5.02. The highest BCUT2D eigenvalue weighted by atomic mass is 19.4. The molecule has 1 aromatic heterocycles. The number of nitrogens with two attached hydrogens (primary N) is 1. The van der Waals surface area contributed by atoms with Crippen molar-refractivity contribution in [3.8, 4) is 0 Å². The monoisotopic (exact) mass is 371 g/mol. The summed E-state index contributed by atoms with van der Waals surface area (Å²) in [5.41, 5.74) is 4.16. The van der Waals surface area contributed by atoms with Crippen LogP contribution >= 0.6 is 0 Å². The van der Waals surface area contributed by atoms with Crippen molar-refractivity contribution < 1.29 is 22.8 Å². The highest BCUT2D eigenvalue weighted by Crippen LogP contribution is 2.46. The Morgan fingerprint density at radius 3 is 2.08 bits per heavy atom. The molecule has 4 N–H and O–H groups in total. The molecule has 2 amide bonds. The maximum absolute atomic E-state index is 12.5. The minimum absolute atomic E-state index is 0.169. The van der Waals surface area contributed by atoms with Crippen molar-refractivity contribution in [2.45, 2.75) is 62.3 Å². The van der Waals surface area contributed by atoms with Crippen LogP contribution in [0.2, 0.25) is 0 Å². The molecule has 0 aliphatic heterocycles. The van der Waals surface area contributed by atoms with Gasteiger partial charge in [-0.3, -0.25) is 9.59 Å². The van der Waals surface area contributed by atoms with E-state index in [0.29, 0.717) is 24.2 Å². The molecule has 26 heavy (non-hydrogen) atoms. The zero-order valence-corrected chi connectivity index (χ0v) is 14.4. The number of rotatable bonds is 5. The number of carbonyl (C=O) groups excluding carboxylic acids is 2. The molecule has 0 saturated heterocycles. The number of amides is 2. The summed E-state index contributed by atoms with van der Waals surface area (Å²) in [5.74, 6) is -2.73. The first-order valence-corrected chi connectivity index (χ1v) is 8.24. The number of hydrogen-bond acceptors (Lipinski definition) is 5. The van der Waals surface area contributed by atoms with Gasteiger partial charge in [-0.15, -0.1) is 0 Å². The Morgan fingerprint density at radius 2 is 1.69 bits per heavy atom. The summed E-state index contributed by atoms with van der Waals surface area (Å²) in [4.78, 5) is 23.6. The molecule has 7 nitrogen and oxygen atoms in total. The van der Waals surface area contributed by atoms with Gasteiger partial charge in [0.05, 0.1) is 22.5 Å². The van der Waals surface area contributed by atoms with Crippen molar-refractivity contribution in [3.05, 3.63) is 23.5 Å². The third-order valence-electron chi connectivity index (χ3n) is 4.71. The molecule has 1 heterocycles. The van der Waals surface area contributed by atoms with E-state index < -0.39 is 34.6 Å². The molecule has 10 heteroatoms. The summed E-state index contributed by atoms with van der Waals surface area (Å²) in [6, 6.07) is 3.42. The molecular weight excluding hydrogens is 351 g/mol. The molecule has 0 unspecified atom stereocenters. The predicted octanol–water partition coefficient (Wildman–Crippen LogP) is 0.987. The Balaban J connectivity index is 1.70. The first-order chi connectivity index (χ1) is 11.9. The largest absolute Gasteiger partial charge is 0.471 e. The smallest absolute Gasteiger partial charge is 0.343 e. The number of halogens is 3. The number of nitrogens with zero attached hydrogens (tertiary/aromatic N) is 2. The fraction of sp³-hybridized carbons (Fsp3) is 0.625. The Hall–Kier alpha value is -2.23. The van der Waals surface area contributed by atoms with Gasteiger partial charge in [-0.25, -0.2) is 0 Å². The van der Waals surface area contributed by atoms with Crippen molar-refractivity contribution in [1.29, 1.82) is 0 Å². The van der Waals surface area contributed by atoms with Gasteiger partial charge in [0.25, 0.3) is 0 Å². The second-order valence-corrected chi connectivity index (χ2v) is 7.60. The van der Waals surface area contributed by atoms with Crippen molar-refractivity contribution in [1.82, 2.24) is 20.8 Å². The number of alkyl halides is 3. The van der Waals surface area contributed by atoms with Gasteiger partial charge in [0, 0.05) is 0 Å². The number of aromatic nitrogens is 2. The second-order valence-electron chi connectivity index (χ2n) is 7.60. The Bertz CT molecular complexity index is 732. The topological polar surface area (TPSA) is 110 Å². The van der Waals surface area contributed by atoms with Crippen molar-refractivity contribution in [2.24, 2.45) is 5.73 Å². The van der Waals surface area contributed by atoms with E-state index in [4.69, 9.17) is 5.73 Å². The number of nitrogens with one attached hydrogen (secondary N) is 2. The lowest BCUT2D eigenvalue weighted by Gasteiger charge is -2.23. The zero-order chi connectivity index (χ0) is 19.4. The van der Waals surface area contributed by atoms with Gasteiger partial charge in [-0.2, -0.15) is 23.4 Å². The van der Waals surface area contributed by atoms with Crippen LogP contribution in [-0.2, 0) is 20.7 Å². The van der Waals surface area contributed by atoms with Crippen molar-refractivity contribution >= 4 is 11.8 Å². The number of carbonyl (C=O) groups is 2. The van der Waals surface area contributed by atoms with E-state index in [-0.39, 0.29) is 12.8 Å². The van der Waals surface area contributed by atoms with Gasteiger partial charge >= 0.3 is 12.1 Å². The fourth-order valence-electron chi connectivity index (χ4n) is 2.66. The van der Waals surface area contributed by atoms with Crippen LogP contribution in [0.1, 0.15) is 50.9 Å². The summed E-state index contributed by atoms with van der Waals surface area (Å²) >= 11 is 0. The average molecular weight is 371 g/mol. The van der Waals surface area contributed by atoms with Gasteiger partial charge < -0.3 is 16.4 Å². The first kappa shape index (κ1) is 18.6. The molecule has 0 spiro atoms.